The number of carbonyl (C=O) groups excluding carboxylic acids is 1. The molecular formula is C24H19BrN2O3. The Morgan fingerprint density at radius 1 is 0.900 bits per heavy atom. The molecule has 0 spiro atoms. The fourth-order valence-electron chi connectivity index (χ4n) is 4.10. The molecule has 2 heterocycles. The molecule has 5 rings (SSSR count). The normalized spacial score (nSPS) is 21.8. The zero-order valence-corrected chi connectivity index (χ0v) is 17.5. The summed E-state index contributed by atoms with van der Waals surface area (Å²) in [5, 5.41) is 2.93. The Morgan fingerprint density at radius 2 is 1.60 bits per heavy atom. The summed E-state index contributed by atoms with van der Waals surface area (Å²) in [6, 6.07) is 24.9. The minimum atomic E-state index is -0.396. The van der Waals surface area contributed by atoms with Crippen LogP contribution in [0.25, 0.3) is 0 Å². The van der Waals surface area contributed by atoms with E-state index < -0.39 is 6.10 Å². The lowest BCUT2D eigenvalue weighted by atomic mass is 9.81. The van der Waals surface area contributed by atoms with Gasteiger partial charge in [-0.05, 0) is 35.9 Å². The average Bonchev–Trinajstić information content (AvgIpc) is 3.12. The molecular weight excluding hydrogens is 444 g/mol. The van der Waals surface area contributed by atoms with Crippen molar-refractivity contribution in [3.05, 3.63) is 106 Å². The summed E-state index contributed by atoms with van der Waals surface area (Å²) in [6.45, 7) is 0. The summed E-state index contributed by atoms with van der Waals surface area (Å²) in [5.41, 5.74) is 9.27. The predicted octanol–water partition coefficient (Wildman–Crippen LogP) is 4.87. The number of nitrogens with one attached hydrogen (secondary N) is 1. The monoisotopic (exact) mass is 462 g/mol. The van der Waals surface area contributed by atoms with Crippen LogP contribution in [0.1, 0.15) is 23.1 Å². The number of benzene rings is 3. The number of amides is 1. The van der Waals surface area contributed by atoms with Crippen LogP contribution in [0.4, 0.5) is 5.69 Å². The van der Waals surface area contributed by atoms with Crippen molar-refractivity contribution >= 4 is 27.5 Å². The fourth-order valence-corrected chi connectivity index (χ4v) is 4.36. The lowest BCUT2D eigenvalue weighted by molar-refractivity contribution is -0.114. The van der Waals surface area contributed by atoms with Crippen LogP contribution >= 0.6 is 15.9 Å². The van der Waals surface area contributed by atoms with Crippen molar-refractivity contribution in [2.24, 2.45) is 5.73 Å². The van der Waals surface area contributed by atoms with E-state index in [0.717, 1.165) is 21.3 Å². The van der Waals surface area contributed by atoms with Crippen LogP contribution < -0.4 is 15.8 Å². The van der Waals surface area contributed by atoms with Crippen molar-refractivity contribution in [1.29, 1.82) is 0 Å². The molecule has 0 radical (unpaired) electrons. The van der Waals surface area contributed by atoms with Crippen LogP contribution in [0.2, 0.25) is 0 Å². The molecule has 0 bridgehead atoms. The highest BCUT2D eigenvalue weighted by atomic mass is 79.9. The molecule has 0 aliphatic carbocycles. The van der Waals surface area contributed by atoms with E-state index >= 15 is 0 Å². The van der Waals surface area contributed by atoms with Gasteiger partial charge >= 0.3 is 0 Å². The van der Waals surface area contributed by atoms with E-state index in [2.05, 4.69) is 21.2 Å². The molecule has 3 aromatic rings. The fraction of sp³-hybridized carbons (Fsp3) is 0.125. The summed E-state index contributed by atoms with van der Waals surface area (Å²) in [5.74, 6) is 0.197. The number of hydrogen-bond acceptors (Lipinski definition) is 4. The molecule has 0 unspecified atom stereocenters. The summed E-state index contributed by atoms with van der Waals surface area (Å²) in [6.07, 6.45) is -0.768. The number of hydrogen-bond donors (Lipinski definition) is 2. The van der Waals surface area contributed by atoms with Crippen LogP contribution in [0.15, 0.2) is 94.8 Å². The van der Waals surface area contributed by atoms with Crippen LogP contribution in [-0.4, -0.2) is 12.0 Å². The first kappa shape index (κ1) is 18.8. The molecule has 1 amide bonds. The SMILES string of the molecule is NC1=C(C(=O)Nc2ccccc2)[C@@H](c2ccc(Br)cc2)[C@@H]2Oc3ccccc3[C@@H]2O1. The third-order valence-electron chi connectivity index (χ3n) is 5.45. The van der Waals surface area contributed by atoms with Crippen LogP contribution in [0.5, 0.6) is 5.75 Å². The van der Waals surface area contributed by atoms with E-state index in [1.54, 1.807) is 0 Å². The zero-order chi connectivity index (χ0) is 20.7. The topological polar surface area (TPSA) is 73.6 Å². The van der Waals surface area contributed by atoms with Gasteiger partial charge in [0.2, 0.25) is 0 Å². The van der Waals surface area contributed by atoms with Crippen molar-refractivity contribution in [3.63, 3.8) is 0 Å². The molecule has 0 saturated carbocycles. The third-order valence-corrected chi connectivity index (χ3v) is 5.98. The second-order valence-corrected chi connectivity index (χ2v) is 8.20. The van der Waals surface area contributed by atoms with Gasteiger partial charge in [0.1, 0.15) is 5.75 Å². The smallest absolute Gasteiger partial charge is 0.257 e. The zero-order valence-electron chi connectivity index (χ0n) is 15.9. The number of anilines is 1. The van der Waals surface area contributed by atoms with Crippen LogP contribution in [0, 0.1) is 0 Å². The Hall–Kier alpha value is -3.25. The summed E-state index contributed by atoms with van der Waals surface area (Å²) < 4.78 is 13.3. The second kappa shape index (κ2) is 7.54. The maximum atomic E-state index is 13.3. The van der Waals surface area contributed by atoms with E-state index in [9.17, 15) is 4.79 Å². The van der Waals surface area contributed by atoms with E-state index in [1.165, 1.54) is 0 Å². The molecule has 150 valence electrons. The maximum Gasteiger partial charge on any atom is 0.257 e. The number of carbonyl (C=O) groups is 1. The molecule has 2 aliphatic rings. The molecule has 3 N–H and O–H groups in total. The van der Waals surface area contributed by atoms with E-state index in [4.69, 9.17) is 15.2 Å². The van der Waals surface area contributed by atoms with E-state index in [-0.39, 0.29) is 23.8 Å². The Morgan fingerprint density at radius 3 is 2.37 bits per heavy atom. The molecule has 2 aliphatic heterocycles. The molecule has 6 heteroatoms. The molecule has 0 fully saturated rings. The number of fused-ring (bicyclic) bond motifs is 3. The molecule has 0 aromatic heterocycles. The highest BCUT2D eigenvalue weighted by molar-refractivity contribution is 9.10. The standard InChI is InChI=1S/C24H19BrN2O3/c25-15-12-10-14(11-13-15)19-20(24(28)27-16-6-2-1-3-7-16)23(26)30-21-17-8-4-5-9-18(17)29-22(19)21/h1-13,19,21-22H,26H2,(H,27,28)/t19-,21+,22+/m1/s1. The van der Waals surface area contributed by atoms with E-state index in [1.807, 2.05) is 78.9 Å². The van der Waals surface area contributed by atoms with Crippen molar-refractivity contribution in [1.82, 2.24) is 0 Å². The van der Waals surface area contributed by atoms with Gasteiger partial charge in [0.25, 0.3) is 5.91 Å². The van der Waals surface area contributed by atoms with Crippen molar-refractivity contribution in [2.45, 2.75) is 18.1 Å². The highest BCUT2D eigenvalue weighted by Crippen LogP contribution is 2.50. The first-order valence-electron chi connectivity index (χ1n) is 9.65. The van der Waals surface area contributed by atoms with Crippen molar-refractivity contribution in [3.8, 4) is 5.75 Å². The summed E-state index contributed by atoms with van der Waals surface area (Å²) in [7, 11) is 0. The Labute approximate surface area is 182 Å². The first-order chi connectivity index (χ1) is 14.6. The third kappa shape index (κ3) is 3.23. The lowest BCUT2D eigenvalue weighted by Gasteiger charge is -2.35. The number of halogens is 1. The first-order valence-corrected chi connectivity index (χ1v) is 10.4. The van der Waals surface area contributed by atoms with Gasteiger partial charge in [-0.3, -0.25) is 4.79 Å². The predicted molar refractivity (Wildman–Crippen MR) is 118 cm³/mol. The number of rotatable bonds is 3. The summed E-state index contributed by atoms with van der Waals surface area (Å²) in [4.78, 5) is 13.3. The minimum Gasteiger partial charge on any atom is -0.485 e. The van der Waals surface area contributed by atoms with Gasteiger partial charge in [-0.2, -0.15) is 0 Å². The van der Waals surface area contributed by atoms with Gasteiger partial charge in [-0.1, -0.05) is 64.5 Å². The average molecular weight is 463 g/mol. The van der Waals surface area contributed by atoms with Crippen LogP contribution in [-0.2, 0) is 9.53 Å². The maximum absolute atomic E-state index is 13.3. The largest absolute Gasteiger partial charge is 0.485 e. The Bertz CT molecular complexity index is 1130. The van der Waals surface area contributed by atoms with Gasteiger partial charge in [0, 0.05) is 15.7 Å². The van der Waals surface area contributed by atoms with Gasteiger partial charge < -0.3 is 20.5 Å². The van der Waals surface area contributed by atoms with E-state index in [0.29, 0.717) is 11.3 Å². The minimum absolute atomic E-state index is 0.123. The number of ether oxygens (including phenoxy) is 2. The molecule has 3 atom stereocenters. The number of nitrogens with two attached hydrogens (primary N) is 1. The van der Waals surface area contributed by atoms with Crippen molar-refractivity contribution in [2.75, 3.05) is 5.32 Å². The molecule has 3 aromatic carbocycles. The Balaban J connectivity index is 1.58. The summed E-state index contributed by atoms with van der Waals surface area (Å²) >= 11 is 3.48. The lowest BCUT2D eigenvalue weighted by Crippen LogP contribution is -2.40. The van der Waals surface area contributed by atoms with Crippen LogP contribution in [0.3, 0.4) is 0 Å². The quantitative estimate of drug-likeness (QED) is 0.581. The molecule has 0 saturated heterocycles. The number of para-hydroxylation sites is 2. The van der Waals surface area contributed by atoms with Gasteiger partial charge in [-0.25, -0.2) is 0 Å². The molecule has 30 heavy (non-hydrogen) atoms. The van der Waals surface area contributed by atoms with Gasteiger partial charge in [-0.15, -0.1) is 0 Å². The van der Waals surface area contributed by atoms with Gasteiger partial charge in [0.15, 0.2) is 18.1 Å². The highest BCUT2D eigenvalue weighted by Gasteiger charge is 2.49. The molecule has 5 nitrogen and oxygen atoms in total. The van der Waals surface area contributed by atoms with Crippen molar-refractivity contribution < 1.29 is 14.3 Å². The Kier molecular flexibility index (Phi) is 4.71. The van der Waals surface area contributed by atoms with Gasteiger partial charge in [0.05, 0.1) is 11.5 Å². The second-order valence-electron chi connectivity index (χ2n) is 7.29.